The first kappa shape index (κ1) is 10.6. The second-order valence-electron chi connectivity index (χ2n) is 4.10. The molecule has 0 aliphatic carbocycles. The lowest BCUT2D eigenvalue weighted by Gasteiger charge is -2.42. The number of benzene rings is 1. The fraction of sp³-hybridized carbons (Fsp3) is 0.500. The van der Waals surface area contributed by atoms with Crippen LogP contribution in [-0.2, 0) is 11.3 Å². The average Bonchev–Trinajstić information content (AvgIpc) is 2.23. The van der Waals surface area contributed by atoms with E-state index in [1.165, 1.54) is 5.56 Å². The standard InChI is InChI=1S/C12H18N2O/c13-7-6-12(9-14-10-12)15-8-11-4-2-1-3-5-11/h1-5,14H,6-10,13H2. The topological polar surface area (TPSA) is 47.3 Å². The molecule has 0 spiro atoms. The molecule has 0 saturated carbocycles. The van der Waals surface area contributed by atoms with Gasteiger partial charge in [0.2, 0.25) is 0 Å². The summed E-state index contributed by atoms with van der Waals surface area (Å²) in [6.45, 7) is 3.23. The van der Waals surface area contributed by atoms with Crippen molar-refractivity contribution in [2.24, 2.45) is 5.73 Å². The molecule has 1 saturated heterocycles. The minimum atomic E-state index is -0.00933. The van der Waals surface area contributed by atoms with Crippen molar-refractivity contribution in [1.82, 2.24) is 5.32 Å². The minimum Gasteiger partial charge on any atom is -0.368 e. The van der Waals surface area contributed by atoms with Crippen LogP contribution < -0.4 is 11.1 Å². The molecular weight excluding hydrogens is 188 g/mol. The van der Waals surface area contributed by atoms with Gasteiger partial charge in [0.15, 0.2) is 0 Å². The van der Waals surface area contributed by atoms with Crippen LogP contribution in [-0.4, -0.2) is 25.2 Å². The number of hydrogen-bond donors (Lipinski definition) is 2. The Hall–Kier alpha value is -0.900. The van der Waals surface area contributed by atoms with Gasteiger partial charge >= 0.3 is 0 Å². The number of nitrogens with one attached hydrogen (secondary N) is 1. The lowest BCUT2D eigenvalue weighted by molar-refractivity contribution is -0.0941. The van der Waals surface area contributed by atoms with E-state index in [1.807, 2.05) is 18.2 Å². The summed E-state index contributed by atoms with van der Waals surface area (Å²) in [7, 11) is 0. The van der Waals surface area contributed by atoms with Gasteiger partial charge in [-0.3, -0.25) is 0 Å². The molecule has 1 heterocycles. The Kier molecular flexibility index (Phi) is 3.36. The van der Waals surface area contributed by atoms with E-state index in [0.717, 1.165) is 19.5 Å². The van der Waals surface area contributed by atoms with Crippen LogP contribution >= 0.6 is 0 Å². The Morgan fingerprint density at radius 2 is 2.00 bits per heavy atom. The molecule has 3 heteroatoms. The molecule has 0 amide bonds. The highest BCUT2D eigenvalue weighted by Gasteiger charge is 2.36. The molecule has 1 fully saturated rings. The van der Waals surface area contributed by atoms with E-state index in [1.54, 1.807) is 0 Å². The maximum absolute atomic E-state index is 5.95. The number of ether oxygens (including phenoxy) is 1. The van der Waals surface area contributed by atoms with E-state index in [-0.39, 0.29) is 5.60 Å². The predicted molar refractivity (Wildman–Crippen MR) is 60.5 cm³/mol. The molecule has 1 aliphatic heterocycles. The van der Waals surface area contributed by atoms with Crippen molar-refractivity contribution in [1.29, 1.82) is 0 Å². The molecule has 2 rings (SSSR count). The number of nitrogens with two attached hydrogens (primary N) is 1. The third-order valence-corrected chi connectivity index (χ3v) is 2.88. The fourth-order valence-corrected chi connectivity index (χ4v) is 1.83. The van der Waals surface area contributed by atoms with Gasteiger partial charge in [0.05, 0.1) is 12.2 Å². The molecule has 0 unspecified atom stereocenters. The Bertz CT molecular complexity index is 296. The lowest BCUT2D eigenvalue weighted by atomic mass is 9.92. The normalized spacial score (nSPS) is 18.5. The van der Waals surface area contributed by atoms with Gasteiger partial charge in [-0.05, 0) is 18.5 Å². The zero-order valence-electron chi connectivity index (χ0n) is 8.91. The zero-order chi connectivity index (χ0) is 10.6. The molecule has 0 atom stereocenters. The molecule has 0 radical (unpaired) electrons. The smallest absolute Gasteiger partial charge is 0.0946 e. The third-order valence-electron chi connectivity index (χ3n) is 2.88. The Morgan fingerprint density at radius 1 is 1.27 bits per heavy atom. The van der Waals surface area contributed by atoms with E-state index < -0.39 is 0 Å². The second-order valence-corrected chi connectivity index (χ2v) is 4.10. The maximum Gasteiger partial charge on any atom is 0.0946 e. The highest BCUT2D eigenvalue weighted by molar-refractivity contribution is 5.13. The van der Waals surface area contributed by atoms with Gasteiger partial charge < -0.3 is 15.8 Å². The maximum atomic E-state index is 5.95. The zero-order valence-corrected chi connectivity index (χ0v) is 8.91. The molecule has 3 N–H and O–H groups in total. The van der Waals surface area contributed by atoms with Crippen molar-refractivity contribution in [2.45, 2.75) is 18.6 Å². The monoisotopic (exact) mass is 206 g/mol. The summed E-state index contributed by atoms with van der Waals surface area (Å²) in [6, 6.07) is 10.3. The molecular formula is C12H18N2O. The molecule has 1 aliphatic rings. The number of rotatable bonds is 5. The van der Waals surface area contributed by atoms with Crippen molar-refractivity contribution in [3.8, 4) is 0 Å². The Morgan fingerprint density at radius 3 is 2.53 bits per heavy atom. The van der Waals surface area contributed by atoms with E-state index in [2.05, 4.69) is 17.4 Å². The molecule has 15 heavy (non-hydrogen) atoms. The summed E-state index contributed by atoms with van der Waals surface area (Å²) in [5, 5.41) is 3.24. The van der Waals surface area contributed by atoms with E-state index >= 15 is 0 Å². The van der Waals surface area contributed by atoms with Crippen molar-refractivity contribution in [2.75, 3.05) is 19.6 Å². The number of hydrogen-bond acceptors (Lipinski definition) is 3. The van der Waals surface area contributed by atoms with Gasteiger partial charge in [-0.15, -0.1) is 0 Å². The fourth-order valence-electron chi connectivity index (χ4n) is 1.83. The highest BCUT2D eigenvalue weighted by atomic mass is 16.5. The molecule has 3 nitrogen and oxygen atoms in total. The van der Waals surface area contributed by atoms with Gasteiger partial charge in [0, 0.05) is 13.1 Å². The van der Waals surface area contributed by atoms with Crippen LogP contribution in [0.25, 0.3) is 0 Å². The van der Waals surface area contributed by atoms with Gasteiger partial charge in [-0.2, -0.15) is 0 Å². The summed E-state index contributed by atoms with van der Waals surface area (Å²) in [5.74, 6) is 0. The van der Waals surface area contributed by atoms with Gasteiger partial charge in [-0.1, -0.05) is 30.3 Å². The van der Waals surface area contributed by atoms with Crippen LogP contribution in [0, 0.1) is 0 Å². The van der Waals surface area contributed by atoms with Crippen LogP contribution in [0.1, 0.15) is 12.0 Å². The molecule has 0 bridgehead atoms. The molecule has 0 aromatic heterocycles. The molecule has 1 aromatic carbocycles. The first-order valence-electron chi connectivity index (χ1n) is 5.43. The Labute approximate surface area is 90.6 Å². The summed E-state index contributed by atoms with van der Waals surface area (Å²) < 4.78 is 5.95. The average molecular weight is 206 g/mol. The van der Waals surface area contributed by atoms with E-state index in [9.17, 15) is 0 Å². The minimum absolute atomic E-state index is 0.00933. The van der Waals surface area contributed by atoms with Crippen molar-refractivity contribution >= 4 is 0 Å². The second kappa shape index (κ2) is 4.75. The first-order chi connectivity index (χ1) is 7.35. The third kappa shape index (κ3) is 2.56. The van der Waals surface area contributed by atoms with E-state index in [0.29, 0.717) is 13.2 Å². The van der Waals surface area contributed by atoms with Crippen molar-refractivity contribution in [3.63, 3.8) is 0 Å². The van der Waals surface area contributed by atoms with Gasteiger partial charge in [0.1, 0.15) is 0 Å². The van der Waals surface area contributed by atoms with Crippen LogP contribution in [0.2, 0.25) is 0 Å². The van der Waals surface area contributed by atoms with Crippen molar-refractivity contribution in [3.05, 3.63) is 35.9 Å². The summed E-state index contributed by atoms with van der Waals surface area (Å²) in [6.07, 6.45) is 0.937. The summed E-state index contributed by atoms with van der Waals surface area (Å²) >= 11 is 0. The van der Waals surface area contributed by atoms with Crippen LogP contribution in [0.5, 0.6) is 0 Å². The van der Waals surface area contributed by atoms with Gasteiger partial charge in [0.25, 0.3) is 0 Å². The summed E-state index contributed by atoms with van der Waals surface area (Å²) in [5.41, 5.74) is 6.80. The van der Waals surface area contributed by atoms with Crippen LogP contribution in [0.4, 0.5) is 0 Å². The Balaban J connectivity index is 1.86. The van der Waals surface area contributed by atoms with Gasteiger partial charge in [-0.25, -0.2) is 0 Å². The SMILES string of the molecule is NCCC1(OCc2ccccc2)CNC1. The molecule has 1 aromatic rings. The summed E-state index contributed by atoms with van der Waals surface area (Å²) in [4.78, 5) is 0. The first-order valence-corrected chi connectivity index (χ1v) is 5.43. The molecule has 82 valence electrons. The lowest BCUT2D eigenvalue weighted by Crippen LogP contribution is -2.61. The van der Waals surface area contributed by atoms with E-state index in [4.69, 9.17) is 10.5 Å². The predicted octanol–water partition coefficient (Wildman–Crippen LogP) is 0.894. The highest BCUT2D eigenvalue weighted by Crippen LogP contribution is 2.22. The largest absolute Gasteiger partial charge is 0.368 e. The van der Waals surface area contributed by atoms with Crippen LogP contribution in [0.15, 0.2) is 30.3 Å². The van der Waals surface area contributed by atoms with Crippen molar-refractivity contribution < 1.29 is 4.74 Å². The van der Waals surface area contributed by atoms with Crippen LogP contribution in [0.3, 0.4) is 0 Å². The quantitative estimate of drug-likeness (QED) is 0.752.